The van der Waals surface area contributed by atoms with E-state index in [-0.39, 0.29) is 5.91 Å². The Morgan fingerprint density at radius 2 is 1.75 bits per heavy atom. The van der Waals surface area contributed by atoms with Gasteiger partial charge in [0.15, 0.2) is 0 Å². The van der Waals surface area contributed by atoms with E-state index in [1.807, 2.05) is 35.4 Å². The van der Waals surface area contributed by atoms with Crippen molar-refractivity contribution < 1.29 is 4.79 Å². The number of pyridine rings is 3. The van der Waals surface area contributed by atoms with Crippen LogP contribution in [-0.4, -0.2) is 38.8 Å². The number of carbonyl (C=O) groups is 1. The van der Waals surface area contributed by atoms with E-state index in [0.29, 0.717) is 11.6 Å². The summed E-state index contributed by atoms with van der Waals surface area (Å²) in [6, 6.07) is 7.73. The number of piperidine rings is 1. The third-order valence-corrected chi connectivity index (χ3v) is 6.40. The lowest BCUT2D eigenvalue weighted by Crippen LogP contribution is -2.45. The highest BCUT2D eigenvalue weighted by atomic mass is 16.2. The second-order valence-electron chi connectivity index (χ2n) is 8.03. The van der Waals surface area contributed by atoms with Crippen molar-refractivity contribution in [3.8, 4) is 11.1 Å². The highest BCUT2D eigenvalue weighted by molar-refractivity contribution is 6.01. The zero-order valence-corrected chi connectivity index (χ0v) is 15.9. The number of carbonyl (C=O) groups excluding carboxylic acids is 1. The maximum absolute atomic E-state index is 13.3. The lowest BCUT2D eigenvalue weighted by Gasteiger charge is -2.41. The predicted octanol–water partition coefficient (Wildman–Crippen LogP) is 4.34. The molecular formula is C23H24N4O. The SMILES string of the molecule is O=C(c1cc(-c2ccncc2)c2cnccc2n1)N1CC[C@@H]2CCCC[C@@H]2C1. The molecule has 5 nitrogen and oxygen atoms in total. The summed E-state index contributed by atoms with van der Waals surface area (Å²) < 4.78 is 0. The molecule has 1 saturated carbocycles. The van der Waals surface area contributed by atoms with Crippen LogP contribution in [0.5, 0.6) is 0 Å². The van der Waals surface area contributed by atoms with Crippen LogP contribution in [0.2, 0.25) is 0 Å². The van der Waals surface area contributed by atoms with Crippen LogP contribution in [0.4, 0.5) is 0 Å². The van der Waals surface area contributed by atoms with Gasteiger partial charge in [-0.15, -0.1) is 0 Å². The third kappa shape index (κ3) is 3.15. The summed E-state index contributed by atoms with van der Waals surface area (Å²) in [6.07, 6.45) is 13.5. The minimum atomic E-state index is 0.0537. The molecule has 1 aliphatic heterocycles. The van der Waals surface area contributed by atoms with Crippen LogP contribution in [-0.2, 0) is 0 Å². The molecule has 0 N–H and O–H groups in total. The second kappa shape index (κ2) is 7.30. The Labute approximate surface area is 164 Å². The van der Waals surface area contributed by atoms with Crippen LogP contribution >= 0.6 is 0 Å². The number of aromatic nitrogens is 3. The Hall–Kier alpha value is -2.82. The molecule has 2 fully saturated rings. The van der Waals surface area contributed by atoms with Gasteiger partial charge >= 0.3 is 0 Å². The van der Waals surface area contributed by atoms with E-state index < -0.39 is 0 Å². The molecule has 1 saturated heterocycles. The zero-order chi connectivity index (χ0) is 18.9. The first-order valence-electron chi connectivity index (χ1n) is 10.2. The zero-order valence-electron chi connectivity index (χ0n) is 15.9. The average Bonchev–Trinajstić information content (AvgIpc) is 2.78. The minimum absolute atomic E-state index is 0.0537. The molecule has 142 valence electrons. The van der Waals surface area contributed by atoms with Crippen molar-refractivity contribution in [3.05, 3.63) is 54.7 Å². The monoisotopic (exact) mass is 372 g/mol. The number of hydrogen-bond acceptors (Lipinski definition) is 4. The summed E-state index contributed by atoms with van der Waals surface area (Å²) in [4.78, 5) is 28.4. The van der Waals surface area contributed by atoms with Gasteiger partial charge in [0.1, 0.15) is 5.69 Å². The molecular weight excluding hydrogens is 348 g/mol. The van der Waals surface area contributed by atoms with Crippen LogP contribution in [0.3, 0.4) is 0 Å². The van der Waals surface area contributed by atoms with Crippen molar-refractivity contribution in [3.63, 3.8) is 0 Å². The van der Waals surface area contributed by atoms with Gasteiger partial charge in [-0.05, 0) is 60.1 Å². The first-order chi connectivity index (χ1) is 13.8. The summed E-state index contributed by atoms with van der Waals surface area (Å²) in [6.45, 7) is 1.73. The molecule has 5 rings (SSSR count). The van der Waals surface area contributed by atoms with Gasteiger partial charge in [0.25, 0.3) is 5.91 Å². The molecule has 0 bridgehead atoms. The molecule has 0 spiro atoms. The van der Waals surface area contributed by atoms with Crippen LogP contribution < -0.4 is 0 Å². The second-order valence-corrected chi connectivity index (χ2v) is 8.03. The Morgan fingerprint density at radius 1 is 0.964 bits per heavy atom. The van der Waals surface area contributed by atoms with Gasteiger partial charge in [-0.25, -0.2) is 4.98 Å². The van der Waals surface area contributed by atoms with Crippen molar-refractivity contribution in [2.75, 3.05) is 13.1 Å². The predicted molar refractivity (Wildman–Crippen MR) is 109 cm³/mol. The number of fused-ring (bicyclic) bond motifs is 2. The molecule has 1 amide bonds. The molecule has 4 heterocycles. The average molecular weight is 372 g/mol. The fourth-order valence-electron chi connectivity index (χ4n) is 4.90. The van der Waals surface area contributed by atoms with Crippen molar-refractivity contribution in [1.82, 2.24) is 19.9 Å². The quantitative estimate of drug-likeness (QED) is 0.671. The molecule has 3 aromatic rings. The Balaban J connectivity index is 1.51. The fraction of sp³-hybridized carbons (Fsp3) is 0.391. The highest BCUT2D eigenvalue weighted by Gasteiger charge is 2.33. The van der Waals surface area contributed by atoms with Crippen molar-refractivity contribution in [2.45, 2.75) is 32.1 Å². The number of nitrogens with zero attached hydrogens (tertiary/aromatic N) is 4. The third-order valence-electron chi connectivity index (χ3n) is 6.40. The Morgan fingerprint density at radius 3 is 2.61 bits per heavy atom. The normalized spacial score (nSPS) is 22.1. The fourth-order valence-corrected chi connectivity index (χ4v) is 4.90. The first kappa shape index (κ1) is 17.3. The maximum Gasteiger partial charge on any atom is 0.272 e. The van der Waals surface area contributed by atoms with E-state index in [2.05, 4.69) is 9.97 Å². The van der Waals surface area contributed by atoms with E-state index in [9.17, 15) is 4.79 Å². The van der Waals surface area contributed by atoms with Crippen LogP contribution in [0.25, 0.3) is 22.0 Å². The summed E-state index contributed by atoms with van der Waals surface area (Å²) >= 11 is 0. The van der Waals surface area contributed by atoms with Crippen LogP contribution in [0, 0.1) is 11.8 Å². The van der Waals surface area contributed by atoms with Gasteiger partial charge in [0.05, 0.1) is 5.52 Å². The summed E-state index contributed by atoms with van der Waals surface area (Å²) in [5, 5.41) is 0.955. The van der Waals surface area contributed by atoms with Crippen LogP contribution in [0.1, 0.15) is 42.6 Å². The van der Waals surface area contributed by atoms with Crippen molar-refractivity contribution in [1.29, 1.82) is 0 Å². The summed E-state index contributed by atoms with van der Waals surface area (Å²) in [5.74, 6) is 1.52. The molecule has 3 aromatic heterocycles. The molecule has 2 atom stereocenters. The van der Waals surface area contributed by atoms with Crippen LogP contribution in [0.15, 0.2) is 49.1 Å². The molecule has 28 heavy (non-hydrogen) atoms. The largest absolute Gasteiger partial charge is 0.337 e. The smallest absolute Gasteiger partial charge is 0.272 e. The van der Waals surface area contributed by atoms with Gasteiger partial charge in [-0.1, -0.05) is 19.3 Å². The van der Waals surface area contributed by atoms with Gasteiger partial charge in [-0.2, -0.15) is 0 Å². The van der Waals surface area contributed by atoms with E-state index >= 15 is 0 Å². The minimum Gasteiger partial charge on any atom is -0.337 e. The highest BCUT2D eigenvalue weighted by Crippen LogP contribution is 2.36. The lowest BCUT2D eigenvalue weighted by molar-refractivity contribution is 0.0516. The number of likely N-dealkylation sites (tertiary alicyclic amines) is 1. The summed E-state index contributed by atoms with van der Waals surface area (Å²) in [7, 11) is 0. The van der Waals surface area contributed by atoms with E-state index in [4.69, 9.17) is 4.98 Å². The summed E-state index contributed by atoms with van der Waals surface area (Å²) in [5.41, 5.74) is 3.34. The van der Waals surface area contributed by atoms with Crippen molar-refractivity contribution in [2.24, 2.45) is 11.8 Å². The van der Waals surface area contributed by atoms with Gasteiger partial charge in [0.2, 0.25) is 0 Å². The van der Waals surface area contributed by atoms with E-state index in [1.54, 1.807) is 18.6 Å². The van der Waals surface area contributed by atoms with E-state index in [1.165, 1.54) is 25.7 Å². The first-order valence-corrected chi connectivity index (χ1v) is 10.2. The molecule has 0 radical (unpaired) electrons. The van der Waals surface area contributed by atoms with Gasteiger partial charge < -0.3 is 4.90 Å². The maximum atomic E-state index is 13.3. The van der Waals surface area contributed by atoms with Crippen molar-refractivity contribution >= 4 is 16.8 Å². The number of rotatable bonds is 2. The Bertz CT molecular complexity index is 1000. The lowest BCUT2D eigenvalue weighted by atomic mass is 9.75. The van der Waals surface area contributed by atoms with E-state index in [0.717, 1.165) is 47.5 Å². The van der Waals surface area contributed by atoms with Gasteiger partial charge in [0, 0.05) is 43.3 Å². The molecule has 0 unspecified atom stereocenters. The Kier molecular flexibility index (Phi) is 4.51. The standard InChI is InChI=1S/C23H24N4O/c28-23(27-12-8-16-3-1-2-4-18(16)15-27)22-13-19(17-5-9-24-10-6-17)20-14-25-11-7-21(20)26-22/h5-7,9-11,13-14,16,18H,1-4,8,12,15H2/t16-,18+/m0/s1. The number of amides is 1. The molecule has 2 aliphatic rings. The molecule has 1 aliphatic carbocycles. The molecule has 0 aromatic carbocycles. The topological polar surface area (TPSA) is 59.0 Å². The number of hydrogen-bond donors (Lipinski definition) is 0. The molecule has 5 heteroatoms. The van der Waals surface area contributed by atoms with Gasteiger partial charge in [-0.3, -0.25) is 14.8 Å².